The van der Waals surface area contributed by atoms with Crippen LogP contribution in [0.2, 0.25) is 0 Å². The van der Waals surface area contributed by atoms with Gasteiger partial charge in [0, 0.05) is 24.8 Å². The van der Waals surface area contributed by atoms with Crippen molar-refractivity contribution >= 4 is 11.5 Å². The van der Waals surface area contributed by atoms with E-state index in [0.717, 1.165) is 18.7 Å². The van der Waals surface area contributed by atoms with Crippen LogP contribution in [0.4, 0.5) is 10.1 Å². The summed E-state index contributed by atoms with van der Waals surface area (Å²) in [4.78, 5) is 14.0. The molecule has 3 nitrogen and oxygen atoms in total. The number of anilines is 1. The molecule has 1 fully saturated rings. The van der Waals surface area contributed by atoms with E-state index in [9.17, 15) is 9.18 Å². The first-order chi connectivity index (χ1) is 8.70. The Balaban J connectivity index is 2.00. The van der Waals surface area contributed by atoms with Crippen LogP contribution >= 0.6 is 0 Å². The van der Waals surface area contributed by atoms with Crippen LogP contribution in [0.15, 0.2) is 24.3 Å². The van der Waals surface area contributed by atoms with Gasteiger partial charge in [-0.3, -0.25) is 4.79 Å². The summed E-state index contributed by atoms with van der Waals surface area (Å²) in [5.74, 6) is -0.0245. The summed E-state index contributed by atoms with van der Waals surface area (Å²) in [7, 11) is 0. The largest absolute Gasteiger partial charge is 0.381 e. The molecule has 1 aromatic rings. The number of hydrogen-bond acceptors (Lipinski definition) is 3. The molecular formula is C14H18FNO2. The van der Waals surface area contributed by atoms with Gasteiger partial charge in [-0.1, -0.05) is 0 Å². The third kappa shape index (κ3) is 3.07. The van der Waals surface area contributed by atoms with Crippen molar-refractivity contribution in [3.8, 4) is 0 Å². The van der Waals surface area contributed by atoms with Gasteiger partial charge >= 0.3 is 0 Å². The van der Waals surface area contributed by atoms with Crippen molar-refractivity contribution in [2.45, 2.75) is 13.3 Å². The Bertz CT molecular complexity index is 399. The zero-order valence-electron chi connectivity index (χ0n) is 10.6. The maximum atomic E-state index is 12.9. The monoisotopic (exact) mass is 251 g/mol. The number of benzene rings is 1. The number of Topliss-reactive ketones (excluding diaryl/α,β-unsaturated/α-hetero) is 1. The van der Waals surface area contributed by atoms with E-state index < -0.39 is 0 Å². The maximum absolute atomic E-state index is 12.9. The van der Waals surface area contributed by atoms with Crippen molar-refractivity contribution in [1.29, 1.82) is 0 Å². The van der Waals surface area contributed by atoms with Crippen molar-refractivity contribution in [2.75, 3.05) is 31.2 Å². The van der Waals surface area contributed by atoms with Gasteiger partial charge in [-0.25, -0.2) is 4.39 Å². The average Bonchev–Trinajstić information content (AvgIpc) is 2.91. The van der Waals surface area contributed by atoms with E-state index in [0.29, 0.717) is 19.8 Å². The topological polar surface area (TPSA) is 29.5 Å². The second kappa shape index (κ2) is 5.96. The number of carbonyl (C=O) groups is 1. The lowest BCUT2D eigenvalue weighted by atomic mass is 10.0. The zero-order chi connectivity index (χ0) is 13.0. The molecule has 1 aliphatic rings. The number of rotatable bonds is 5. The molecule has 1 unspecified atom stereocenters. The first-order valence-electron chi connectivity index (χ1n) is 6.31. The Morgan fingerprint density at radius 3 is 2.72 bits per heavy atom. The number of carbonyl (C=O) groups excluding carboxylic acids is 1. The van der Waals surface area contributed by atoms with E-state index in [1.54, 1.807) is 12.1 Å². The molecule has 0 N–H and O–H groups in total. The van der Waals surface area contributed by atoms with Crippen LogP contribution in [0.5, 0.6) is 0 Å². The van der Waals surface area contributed by atoms with E-state index in [1.165, 1.54) is 12.1 Å². The van der Waals surface area contributed by atoms with E-state index >= 15 is 0 Å². The number of likely N-dealkylation sites (N-methyl/N-ethyl adjacent to an activating group) is 1. The lowest BCUT2D eigenvalue weighted by Crippen LogP contribution is -2.33. The number of nitrogens with zero attached hydrogens (tertiary/aromatic N) is 1. The summed E-state index contributed by atoms with van der Waals surface area (Å²) in [6, 6.07) is 6.25. The fraction of sp³-hybridized carbons (Fsp3) is 0.500. The van der Waals surface area contributed by atoms with Gasteiger partial charge in [0.1, 0.15) is 5.82 Å². The Labute approximate surface area is 107 Å². The smallest absolute Gasteiger partial charge is 0.157 e. The Kier molecular flexibility index (Phi) is 4.31. The summed E-state index contributed by atoms with van der Waals surface area (Å²) in [5, 5.41) is 0. The molecule has 0 radical (unpaired) electrons. The maximum Gasteiger partial charge on any atom is 0.157 e. The first kappa shape index (κ1) is 13.0. The highest BCUT2D eigenvalue weighted by Gasteiger charge is 2.24. The standard InChI is InChI=1S/C14H18FNO2/c1-2-16(13-5-3-12(15)4-6-13)9-14(17)11-7-8-18-10-11/h3-6,11H,2,7-10H2,1H3. The lowest BCUT2D eigenvalue weighted by Gasteiger charge is -2.23. The molecule has 0 amide bonds. The zero-order valence-corrected chi connectivity index (χ0v) is 10.6. The molecule has 1 saturated heterocycles. The highest BCUT2D eigenvalue weighted by molar-refractivity contribution is 5.86. The summed E-state index contributed by atoms with van der Waals surface area (Å²) in [5.41, 5.74) is 0.881. The summed E-state index contributed by atoms with van der Waals surface area (Å²) < 4.78 is 18.1. The Morgan fingerprint density at radius 1 is 1.44 bits per heavy atom. The minimum absolute atomic E-state index is 0.0273. The Morgan fingerprint density at radius 2 is 2.17 bits per heavy atom. The minimum atomic E-state index is -0.259. The molecule has 0 aromatic heterocycles. The number of hydrogen-bond donors (Lipinski definition) is 0. The van der Waals surface area contributed by atoms with E-state index in [4.69, 9.17) is 4.74 Å². The lowest BCUT2D eigenvalue weighted by molar-refractivity contribution is -0.121. The second-order valence-electron chi connectivity index (χ2n) is 4.52. The summed E-state index contributed by atoms with van der Waals surface area (Å²) in [6.07, 6.45) is 0.819. The molecule has 0 spiro atoms. The van der Waals surface area contributed by atoms with E-state index in [-0.39, 0.29) is 17.5 Å². The van der Waals surface area contributed by atoms with Gasteiger partial charge in [0.15, 0.2) is 5.78 Å². The average molecular weight is 251 g/mol. The van der Waals surface area contributed by atoms with Crippen molar-refractivity contribution in [3.05, 3.63) is 30.1 Å². The Hall–Kier alpha value is -1.42. The van der Waals surface area contributed by atoms with Gasteiger partial charge in [0.25, 0.3) is 0 Å². The van der Waals surface area contributed by atoms with Crippen LogP contribution in [0.3, 0.4) is 0 Å². The molecule has 18 heavy (non-hydrogen) atoms. The molecule has 1 heterocycles. The molecule has 1 aliphatic heterocycles. The van der Waals surface area contributed by atoms with Crippen LogP contribution in [-0.4, -0.2) is 32.1 Å². The molecule has 1 atom stereocenters. The van der Waals surface area contributed by atoms with Gasteiger partial charge in [-0.05, 0) is 37.6 Å². The fourth-order valence-electron chi connectivity index (χ4n) is 2.14. The fourth-order valence-corrected chi connectivity index (χ4v) is 2.14. The van der Waals surface area contributed by atoms with Crippen molar-refractivity contribution in [1.82, 2.24) is 0 Å². The molecule has 2 rings (SSSR count). The van der Waals surface area contributed by atoms with Crippen molar-refractivity contribution in [3.63, 3.8) is 0 Å². The molecule has 98 valence electrons. The van der Waals surface area contributed by atoms with Crippen LogP contribution in [-0.2, 0) is 9.53 Å². The predicted molar refractivity (Wildman–Crippen MR) is 68.2 cm³/mol. The van der Waals surface area contributed by atoms with Crippen LogP contribution in [0.1, 0.15) is 13.3 Å². The highest BCUT2D eigenvalue weighted by Crippen LogP contribution is 2.18. The van der Waals surface area contributed by atoms with Crippen LogP contribution in [0, 0.1) is 11.7 Å². The van der Waals surface area contributed by atoms with Gasteiger partial charge in [-0.2, -0.15) is 0 Å². The van der Waals surface area contributed by atoms with Crippen molar-refractivity contribution in [2.24, 2.45) is 5.92 Å². The number of ether oxygens (including phenoxy) is 1. The predicted octanol–water partition coefficient (Wildman–Crippen LogP) is 2.26. The van der Waals surface area contributed by atoms with Gasteiger partial charge < -0.3 is 9.64 Å². The minimum Gasteiger partial charge on any atom is -0.381 e. The van der Waals surface area contributed by atoms with Gasteiger partial charge in [0.2, 0.25) is 0 Å². The molecule has 1 aromatic carbocycles. The van der Waals surface area contributed by atoms with Crippen LogP contribution < -0.4 is 4.90 Å². The number of halogens is 1. The second-order valence-corrected chi connectivity index (χ2v) is 4.52. The molecular weight excluding hydrogens is 233 g/mol. The third-order valence-electron chi connectivity index (χ3n) is 3.31. The van der Waals surface area contributed by atoms with Gasteiger partial charge in [-0.15, -0.1) is 0 Å². The van der Waals surface area contributed by atoms with Crippen LogP contribution in [0.25, 0.3) is 0 Å². The molecule has 0 bridgehead atoms. The SMILES string of the molecule is CCN(CC(=O)C1CCOC1)c1ccc(F)cc1. The molecule has 4 heteroatoms. The molecule has 0 saturated carbocycles. The quantitative estimate of drug-likeness (QED) is 0.804. The van der Waals surface area contributed by atoms with Gasteiger partial charge in [0.05, 0.1) is 13.2 Å². The number of ketones is 1. The van der Waals surface area contributed by atoms with E-state index in [2.05, 4.69) is 0 Å². The highest BCUT2D eigenvalue weighted by atomic mass is 19.1. The summed E-state index contributed by atoms with van der Waals surface area (Å²) in [6.45, 7) is 4.31. The molecule has 0 aliphatic carbocycles. The normalized spacial score (nSPS) is 18.9. The third-order valence-corrected chi connectivity index (χ3v) is 3.31. The van der Waals surface area contributed by atoms with E-state index in [1.807, 2.05) is 11.8 Å². The summed E-state index contributed by atoms with van der Waals surface area (Å²) >= 11 is 0. The first-order valence-corrected chi connectivity index (χ1v) is 6.31. The van der Waals surface area contributed by atoms with Crippen molar-refractivity contribution < 1.29 is 13.9 Å².